The Balaban J connectivity index is 3.74. The van der Waals surface area contributed by atoms with Crippen molar-refractivity contribution in [3.8, 4) is 0 Å². The van der Waals surface area contributed by atoms with E-state index in [0.29, 0.717) is 6.42 Å². The SMILES string of the molecule is CCC(C)(N)C(=O)NCCCC(F)(F)F. The fourth-order valence-corrected chi connectivity index (χ4v) is 0.853. The van der Waals surface area contributed by atoms with Gasteiger partial charge < -0.3 is 11.1 Å². The number of amides is 1. The van der Waals surface area contributed by atoms with E-state index in [2.05, 4.69) is 5.32 Å². The van der Waals surface area contributed by atoms with Crippen LogP contribution in [0.3, 0.4) is 0 Å². The van der Waals surface area contributed by atoms with Crippen LogP contribution in [0, 0.1) is 0 Å². The molecule has 0 bridgehead atoms. The molecule has 3 N–H and O–H groups in total. The molecule has 0 rings (SSSR count). The van der Waals surface area contributed by atoms with Crippen molar-refractivity contribution >= 4 is 5.91 Å². The van der Waals surface area contributed by atoms with E-state index in [1.165, 1.54) is 0 Å². The van der Waals surface area contributed by atoms with Crippen molar-refractivity contribution in [3.63, 3.8) is 0 Å². The van der Waals surface area contributed by atoms with Gasteiger partial charge in [-0.15, -0.1) is 0 Å². The van der Waals surface area contributed by atoms with Crippen LogP contribution in [-0.2, 0) is 4.79 Å². The Morgan fingerprint density at radius 1 is 1.40 bits per heavy atom. The highest BCUT2D eigenvalue weighted by molar-refractivity contribution is 5.85. The zero-order valence-electron chi connectivity index (χ0n) is 8.95. The molecule has 1 unspecified atom stereocenters. The molecule has 90 valence electrons. The van der Waals surface area contributed by atoms with E-state index >= 15 is 0 Å². The van der Waals surface area contributed by atoms with Crippen LogP contribution in [0.5, 0.6) is 0 Å². The van der Waals surface area contributed by atoms with Crippen molar-refractivity contribution in [1.29, 1.82) is 0 Å². The van der Waals surface area contributed by atoms with E-state index in [0.717, 1.165) is 0 Å². The Kier molecular flexibility index (Phi) is 5.07. The van der Waals surface area contributed by atoms with Gasteiger partial charge in [-0.2, -0.15) is 13.2 Å². The molecule has 3 nitrogen and oxygen atoms in total. The average molecular weight is 226 g/mol. The first-order chi connectivity index (χ1) is 6.69. The maximum atomic E-state index is 11.7. The molecule has 0 fully saturated rings. The van der Waals surface area contributed by atoms with Gasteiger partial charge in [0.15, 0.2) is 0 Å². The Bertz CT molecular complexity index is 214. The number of rotatable bonds is 5. The van der Waals surface area contributed by atoms with Crippen molar-refractivity contribution in [2.45, 2.75) is 44.8 Å². The Labute approximate surface area is 87.2 Å². The van der Waals surface area contributed by atoms with Gasteiger partial charge in [0.25, 0.3) is 0 Å². The molecule has 15 heavy (non-hydrogen) atoms. The highest BCUT2D eigenvalue weighted by atomic mass is 19.4. The van der Waals surface area contributed by atoms with Gasteiger partial charge in [-0.05, 0) is 19.8 Å². The molecule has 0 saturated heterocycles. The number of carbonyl (C=O) groups is 1. The average Bonchev–Trinajstić information content (AvgIpc) is 2.10. The Hall–Kier alpha value is -0.780. The Morgan fingerprint density at radius 2 is 1.93 bits per heavy atom. The Morgan fingerprint density at radius 3 is 2.33 bits per heavy atom. The van der Waals surface area contributed by atoms with Gasteiger partial charge in [0, 0.05) is 13.0 Å². The second-order valence-electron chi connectivity index (χ2n) is 3.75. The van der Waals surface area contributed by atoms with E-state index < -0.39 is 24.0 Å². The summed E-state index contributed by atoms with van der Waals surface area (Å²) in [6.07, 6.45) is -4.73. The minimum atomic E-state index is -4.17. The topological polar surface area (TPSA) is 55.1 Å². The minimum Gasteiger partial charge on any atom is -0.355 e. The summed E-state index contributed by atoms with van der Waals surface area (Å²) in [5.74, 6) is -0.410. The van der Waals surface area contributed by atoms with Crippen LogP contribution < -0.4 is 11.1 Å². The number of nitrogens with two attached hydrogens (primary N) is 1. The first kappa shape index (κ1) is 14.2. The third-order valence-electron chi connectivity index (χ3n) is 2.18. The summed E-state index contributed by atoms with van der Waals surface area (Å²) in [5.41, 5.74) is 4.59. The monoisotopic (exact) mass is 226 g/mol. The minimum absolute atomic E-state index is 0.00509. The molecule has 0 aliphatic rings. The summed E-state index contributed by atoms with van der Waals surface area (Å²) in [5, 5.41) is 2.38. The molecular weight excluding hydrogens is 209 g/mol. The standard InChI is InChI=1S/C9H17F3N2O/c1-3-8(2,13)7(15)14-6-4-5-9(10,11)12/h3-6,13H2,1-2H3,(H,14,15). The highest BCUT2D eigenvalue weighted by Crippen LogP contribution is 2.20. The van der Waals surface area contributed by atoms with Crippen molar-refractivity contribution < 1.29 is 18.0 Å². The summed E-state index contributed by atoms with van der Waals surface area (Å²) in [7, 11) is 0. The molecule has 1 amide bonds. The summed E-state index contributed by atoms with van der Waals surface area (Å²) >= 11 is 0. The lowest BCUT2D eigenvalue weighted by atomic mass is 9.99. The number of carbonyl (C=O) groups excluding carboxylic acids is 1. The van der Waals surface area contributed by atoms with Crippen molar-refractivity contribution in [3.05, 3.63) is 0 Å². The quantitative estimate of drug-likeness (QED) is 0.699. The second-order valence-corrected chi connectivity index (χ2v) is 3.75. The van der Waals surface area contributed by atoms with Gasteiger partial charge in [0.1, 0.15) is 0 Å². The largest absolute Gasteiger partial charge is 0.389 e. The van der Waals surface area contributed by atoms with Crippen LogP contribution in [0.15, 0.2) is 0 Å². The normalized spacial score (nSPS) is 15.9. The molecule has 0 aliphatic carbocycles. The first-order valence-corrected chi connectivity index (χ1v) is 4.83. The number of alkyl halides is 3. The smallest absolute Gasteiger partial charge is 0.355 e. The second kappa shape index (κ2) is 5.34. The molecule has 0 saturated carbocycles. The van der Waals surface area contributed by atoms with E-state index in [1.807, 2.05) is 0 Å². The van der Waals surface area contributed by atoms with E-state index in [9.17, 15) is 18.0 Å². The highest BCUT2D eigenvalue weighted by Gasteiger charge is 2.28. The van der Waals surface area contributed by atoms with Crippen LogP contribution in [0.2, 0.25) is 0 Å². The van der Waals surface area contributed by atoms with Gasteiger partial charge in [0.05, 0.1) is 5.54 Å². The number of nitrogens with one attached hydrogen (secondary N) is 1. The van der Waals surface area contributed by atoms with Gasteiger partial charge in [-0.3, -0.25) is 4.79 Å². The molecule has 0 aromatic carbocycles. The lowest BCUT2D eigenvalue weighted by Crippen LogP contribution is -2.51. The molecule has 0 heterocycles. The number of hydrogen-bond acceptors (Lipinski definition) is 2. The van der Waals surface area contributed by atoms with Gasteiger partial charge in [-0.1, -0.05) is 6.92 Å². The summed E-state index contributed by atoms with van der Waals surface area (Å²) in [4.78, 5) is 11.3. The lowest BCUT2D eigenvalue weighted by molar-refractivity contribution is -0.136. The van der Waals surface area contributed by atoms with Crippen LogP contribution in [-0.4, -0.2) is 24.2 Å². The zero-order valence-corrected chi connectivity index (χ0v) is 8.95. The lowest BCUT2D eigenvalue weighted by Gasteiger charge is -2.21. The van der Waals surface area contributed by atoms with Crippen molar-refractivity contribution in [2.75, 3.05) is 6.54 Å². The molecule has 0 aromatic rings. The van der Waals surface area contributed by atoms with Gasteiger partial charge in [0.2, 0.25) is 5.91 Å². The van der Waals surface area contributed by atoms with Crippen molar-refractivity contribution in [1.82, 2.24) is 5.32 Å². The van der Waals surface area contributed by atoms with E-state index in [1.54, 1.807) is 13.8 Å². The summed E-state index contributed by atoms with van der Waals surface area (Å²) in [6.45, 7) is 3.30. The van der Waals surface area contributed by atoms with Gasteiger partial charge in [-0.25, -0.2) is 0 Å². The number of halogens is 3. The predicted octanol–water partition coefficient (Wildman–Crippen LogP) is 1.57. The molecular formula is C9H17F3N2O. The molecule has 6 heteroatoms. The third-order valence-corrected chi connectivity index (χ3v) is 2.18. The fourth-order valence-electron chi connectivity index (χ4n) is 0.853. The molecule has 0 radical (unpaired) electrons. The van der Waals surface area contributed by atoms with E-state index in [-0.39, 0.29) is 13.0 Å². The van der Waals surface area contributed by atoms with Crippen LogP contribution >= 0.6 is 0 Å². The fraction of sp³-hybridized carbons (Fsp3) is 0.889. The summed E-state index contributed by atoms with van der Waals surface area (Å²) < 4.78 is 35.2. The van der Waals surface area contributed by atoms with E-state index in [4.69, 9.17) is 5.73 Å². The maximum absolute atomic E-state index is 11.7. The number of hydrogen-bond donors (Lipinski definition) is 2. The van der Waals surface area contributed by atoms with Crippen LogP contribution in [0.25, 0.3) is 0 Å². The molecule has 0 aromatic heterocycles. The molecule has 1 atom stereocenters. The molecule has 0 aliphatic heterocycles. The van der Waals surface area contributed by atoms with Crippen LogP contribution in [0.1, 0.15) is 33.1 Å². The maximum Gasteiger partial charge on any atom is 0.389 e. The zero-order chi connectivity index (χ0) is 12.1. The first-order valence-electron chi connectivity index (χ1n) is 4.83. The third kappa shape index (κ3) is 6.33. The van der Waals surface area contributed by atoms with Gasteiger partial charge >= 0.3 is 6.18 Å². The van der Waals surface area contributed by atoms with Crippen molar-refractivity contribution in [2.24, 2.45) is 5.73 Å². The summed E-state index contributed by atoms with van der Waals surface area (Å²) in [6, 6.07) is 0. The predicted molar refractivity (Wildman–Crippen MR) is 51.2 cm³/mol. The molecule has 0 spiro atoms. The van der Waals surface area contributed by atoms with Crippen LogP contribution in [0.4, 0.5) is 13.2 Å².